The molecule has 2 atom stereocenters. The minimum absolute atomic E-state index is 0.205. The fourth-order valence-corrected chi connectivity index (χ4v) is 3.38. The number of rotatable bonds is 5. The summed E-state index contributed by atoms with van der Waals surface area (Å²) in [6.45, 7) is -0.205. The maximum atomic E-state index is 13.3. The number of hydrogen-bond donors (Lipinski definition) is 3. The van der Waals surface area contributed by atoms with Crippen molar-refractivity contribution in [3.8, 4) is 0 Å². The van der Waals surface area contributed by atoms with E-state index in [1.165, 1.54) is 12.1 Å². The number of aliphatic hydroxyl groups is 1. The molecule has 2 heterocycles. The summed E-state index contributed by atoms with van der Waals surface area (Å²) in [6, 6.07) is 15.0. The van der Waals surface area contributed by atoms with Crippen LogP contribution in [0.25, 0.3) is 5.70 Å². The lowest BCUT2D eigenvalue weighted by Crippen LogP contribution is -2.49. The number of carbonyl (C=O) groups excluding carboxylic acids is 1. The molecule has 2 aromatic carbocycles. The number of nitrogens with one attached hydrogen (secondary N) is 2. The molecule has 1 amide bonds. The number of aliphatic hydroxyl groups excluding tert-OH is 1. The van der Waals surface area contributed by atoms with Gasteiger partial charge >= 0.3 is 0 Å². The Morgan fingerprint density at radius 1 is 1.14 bits per heavy atom. The molecular weight excluding hydrogens is 357 g/mol. The number of amides is 1. The van der Waals surface area contributed by atoms with Crippen LogP contribution in [-0.2, 0) is 4.79 Å². The fraction of sp³-hybridized carbons (Fsp3) is 0.136. The minimum atomic E-state index is -0.672. The Bertz CT molecular complexity index is 952. The molecule has 2 aliphatic heterocycles. The molecule has 0 bridgehead atoms. The van der Waals surface area contributed by atoms with Gasteiger partial charge in [0.2, 0.25) is 0 Å². The Hall–Kier alpha value is -3.38. The van der Waals surface area contributed by atoms with E-state index in [2.05, 4.69) is 10.6 Å². The second kappa shape index (κ2) is 7.70. The third kappa shape index (κ3) is 3.42. The number of benzene rings is 2. The topological polar surface area (TPSA) is 64.6 Å². The summed E-state index contributed by atoms with van der Waals surface area (Å²) < 4.78 is 13.3. The molecule has 0 radical (unpaired) electrons. The van der Waals surface area contributed by atoms with E-state index in [-0.39, 0.29) is 18.3 Å². The van der Waals surface area contributed by atoms with E-state index in [1.807, 2.05) is 59.7 Å². The molecule has 1 unspecified atom stereocenters. The van der Waals surface area contributed by atoms with Crippen LogP contribution in [0.4, 0.5) is 4.39 Å². The second-order valence-corrected chi connectivity index (χ2v) is 6.58. The maximum absolute atomic E-state index is 13.3. The number of carbonyl (C=O) groups is 1. The van der Waals surface area contributed by atoms with Crippen LogP contribution in [0.5, 0.6) is 0 Å². The average molecular weight is 377 g/mol. The van der Waals surface area contributed by atoms with Crippen molar-refractivity contribution >= 4 is 11.6 Å². The highest BCUT2D eigenvalue weighted by Gasteiger charge is 2.36. The van der Waals surface area contributed by atoms with Gasteiger partial charge in [0.05, 0.1) is 24.0 Å². The predicted octanol–water partition coefficient (Wildman–Crippen LogP) is 2.66. The van der Waals surface area contributed by atoms with Crippen molar-refractivity contribution in [2.45, 2.75) is 12.2 Å². The molecule has 4 rings (SSSR count). The van der Waals surface area contributed by atoms with Crippen LogP contribution in [0, 0.1) is 5.82 Å². The molecule has 0 saturated carbocycles. The number of hydrogen-bond acceptors (Lipinski definition) is 4. The Morgan fingerprint density at radius 3 is 2.61 bits per heavy atom. The summed E-state index contributed by atoms with van der Waals surface area (Å²) in [5.41, 5.74) is 3.20. The summed E-state index contributed by atoms with van der Waals surface area (Å²) >= 11 is 0. The van der Waals surface area contributed by atoms with Gasteiger partial charge in [0, 0.05) is 6.20 Å². The van der Waals surface area contributed by atoms with Gasteiger partial charge in [0.15, 0.2) is 6.17 Å². The first-order valence-electron chi connectivity index (χ1n) is 9.03. The van der Waals surface area contributed by atoms with Crippen molar-refractivity contribution in [1.29, 1.82) is 0 Å². The number of fused-ring (bicyclic) bond motifs is 1. The zero-order valence-electron chi connectivity index (χ0n) is 15.0. The highest BCUT2D eigenvalue weighted by Crippen LogP contribution is 2.31. The third-order valence-corrected chi connectivity index (χ3v) is 4.79. The zero-order chi connectivity index (χ0) is 19.5. The SMILES string of the molecule is O=C(N[C@@H](CO)c1ccccc1)C1NC(c2ccc(F)cc2)=C2C=CC=CN21. The normalized spacial score (nSPS) is 18.6. The maximum Gasteiger partial charge on any atom is 0.264 e. The molecule has 2 aromatic rings. The van der Waals surface area contributed by atoms with Crippen LogP contribution in [0.2, 0.25) is 0 Å². The van der Waals surface area contributed by atoms with Gasteiger partial charge in [-0.1, -0.05) is 36.4 Å². The third-order valence-electron chi connectivity index (χ3n) is 4.79. The van der Waals surface area contributed by atoms with Crippen molar-refractivity contribution in [2.75, 3.05) is 6.61 Å². The number of allylic oxidation sites excluding steroid dienone is 3. The van der Waals surface area contributed by atoms with E-state index < -0.39 is 12.2 Å². The minimum Gasteiger partial charge on any atom is -0.394 e. The monoisotopic (exact) mass is 377 g/mol. The first-order valence-corrected chi connectivity index (χ1v) is 9.03. The summed E-state index contributed by atoms with van der Waals surface area (Å²) in [6.07, 6.45) is 6.78. The molecule has 6 heteroatoms. The Kier molecular flexibility index (Phi) is 4.95. The molecule has 28 heavy (non-hydrogen) atoms. The van der Waals surface area contributed by atoms with E-state index in [0.29, 0.717) is 0 Å². The molecule has 3 N–H and O–H groups in total. The molecule has 0 aromatic heterocycles. The highest BCUT2D eigenvalue weighted by molar-refractivity contribution is 5.87. The van der Waals surface area contributed by atoms with Gasteiger partial charge in [-0.15, -0.1) is 0 Å². The van der Waals surface area contributed by atoms with Crippen molar-refractivity contribution < 1.29 is 14.3 Å². The molecule has 0 spiro atoms. The molecule has 2 aliphatic rings. The van der Waals surface area contributed by atoms with Crippen LogP contribution in [0.3, 0.4) is 0 Å². The van der Waals surface area contributed by atoms with Crippen molar-refractivity contribution in [3.63, 3.8) is 0 Å². The van der Waals surface area contributed by atoms with Crippen molar-refractivity contribution in [1.82, 2.24) is 15.5 Å². The number of halogens is 1. The van der Waals surface area contributed by atoms with E-state index >= 15 is 0 Å². The van der Waals surface area contributed by atoms with Gasteiger partial charge in [-0.3, -0.25) is 4.79 Å². The van der Waals surface area contributed by atoms with Gasteiger partial charge in [-0.2, -0.15) is 0 Å². The van der Waals surface area contributed by atoms with Gasteiger partial charge in [0.25, 0.3) is 5.91 Å². The van der Waals surface area contributed by atoms with E-state index in [0.717, 1.165) is 22.5 Å². The largest absolute Gasteiger partial charge is 0.394 e. The lowest BCUT2D eigenvalue weighted by molar-refractivity contribution is -0.126. The van der Waals surface area contributed by atoms with Gasteiger partial charge in [-0.05, 0) is 47.5 Å². The highest BCUT2D eigenvalue weighted by atomic mass is 19.1. The Balaban J connectivity index is 1.57. The Labute approximate surface area is 162 Å². The lowest BCUT2D eigenvalue weighted by Gasteiger charge is -2.27. The van der Waals surface area contributed by atoms with Crippen molar-refractivity contribution in [2.24, 2.45) is 0 Å². The lowest BCUT2D eigenvalue weighted by atomic mass is 10.1. The number of nitrogens with zero attached hydrogens (tertiary/aromatic N) is 1. The summed E-state index contributed by atoms with van der Waals surface area (Å²) in [4.78, 5) is 14.8. The van der Waals surface area contributed by atoms with Crippen LogP contribution >= 0.6 is 0 Å². The first kappa shape index (κ1) is 18.0. The van der Waals surface area contributed by atoms with Crippen LogP contribution in [0.1, 0.15) is 17.2 Å². The van der Waals surface area contributed by atoms with Gasteiger partial charge < -0.3 is 20.6 Å². The van der Waals surface area contributed by atoms with Gasteiger partial charge in [-0.25, -0.2) is 4.39 Å². The average Bonchev–Trinajstić information content (AvgIpc) is 3.13. The standard InChI is InChI=1S/C22H20FN3O2/c23-17-11-9-16(10-12-17)20-19-8-4-5-13-26(19)21(25-20)22(28)24-18(14-27)15-6-2-1-3-7-15/h1-13,18,21,25,27H,14H2,(H,24,28)/t18-,21?/m0/s1. The molecule has 5 nitrogen and oxygen atoms in total. The van der Waals surface area contributed by atoms with E-state index in [4.69, 9.17) is 0 Å². The zero-order valence-corrected chi connectivity index (χ0v) is 15.0. The van der Waals surface area contributed by atoms with Crippen LogP contribution in [0.15, 0.2) is 84.7 Å². The quantitative estimate of drug-likeness (QED) is 0.750. The first-order chi connectivity index (χ1) is 13.7. The predicted molar refractivity (Wildman–Crippen MR) is 105 cm³/mol. The second-order valence-electron chi connectivity index (χ2n) is 6.58. The molecule has 0 fully saturated rings. The molecule has 0 aliphatic carbocycles. The Morgan fingerprint density at radius 2 is 1.89 bits per heavy atom. The smallest absolute Gasteiger partial charge is 0.264 e. The summed E-state index contributed by atoms with van der Waals surface area (Å²) in [7, 11) is 0. The molecule has 142 valence electrons. The molecule has 0 saturated heterocycles. The van der Waals surface area contributed by atoms with Crippen molar-refractivity contribution in [3.05, 3.63) is 102 Å². The summed E-state index contributed by atoms with van der Waals surface area (Å²) in [5.74, 6) is -0.580. The molecular formula is C22H20FN3O2. The van der Waals surface area contributed by atoms with Gasteiger partial charge in [0.1, 0.15) is 5.82 Å². The van der Waals surface area contributed by atoms with Crippen LogP contribution in [-0.4, -0.2) is 28.7 Å². The van der Waals surface area contributed by atoms with E-state index in [9.17, 15) is 14.3 Å². The summed E-state index contributed by atoms with van der Waals surface area (Å²) in [5, 5.41) is 15.9. The van der Waals surface area contributed by atoms with Crippen LogP contribution < -0.4 is 10.6 Å². The fourth-order valence-electron chi connectivity index (χ4n) is 3.38. The van der Waals surface area contributed by atoms with E-state index in [1.54, 1.807) is 12.1 Å².